The van der Waals surface area contributed by atoms with Crippen LogP contribution in [0.15, 0.2) is 42.5 Å². The second kappa shape index (κ2) is 7.91. The summed E-state index contributed by atoms with van der Waals surface area (Å²) in [7, 11) is 0. The molecule has 0 saturated carbocycles. The number of ether oxygens (including phenoxy) is 3. The summed E-state index contributed by atoms with van der Waals surface area (Å²) in [6.45, 7) is 4.31. The Morgan fingerprint density at radius 1 is 1.12 bits per heavy atom. The van der Waals surface area contributed by atoms with Crippen LogP contribution in [0.5, 0.6) is 17.2 Å². The van der Waals surface area contributed by atoms with Crippen LogP contribution >= 0.6 is 0 Å². The monoisotopic (exact) mass is 355 g/mol. The van der Waals surface area contributed by atoms with Crippen molar-refractivity contribution in [3.05, 3.63) is 53.6 Å². The number of carbonyl (C=O) groups excluding carboxylic acids is 2. The van der Waals surface area contributed by atoms with Crippen molar-refractivity contribution in [3.8, 4) is 17.2 Å². The number of nitrogens with one attached hydrogen (secondary N) is 1. The smallest absolute Gasteiger partial charge is 0.258 e. The van der Waals surface area contributed by atoms with E-state index in [0.29, 0.717) is 36.0 Å². The standard InChI is InChI=1S/C20H21NO5/c1-13(15-6-7-18-19(11-15)25-9-8-24-18)21-20(23)12-26-17-5-3-4-16(10-17)14(2)22/h3-7,10-11,13H,8-9,12H2,1-2H3,(H,21,23)/t13-/m0/s1. The minimum absolute atomic E-state index is 0.0490. The first-order chi connectivity index (χ1) is 12.5. The lowest BCUT2D eigenvalue weighted by Crippen LogP contribution is -2.31. The van der Waals surface area contributed by atoms with E-state index >= 15 is 0 Å². The fourth-order valence-electron chi connectivity index (χ4n) is 2.65. The number of ketones is 1. The highest BCUT2D eigenvalue weighted by Crippen LogP contribution is 2.32. The molecule has 1 N–H and O–H groups in total. The fourth-order valence-corrected chi connectivity index (χ4v) is 2.65. The molecule has 26 heavy (non-hydrogen) atoms. The van der Waals surface area contributed by atoms with Crippen molar-refractivity contribution in [3.63, 3.8) is 0 Å². The van der Waals surface area contributed by atoms with Crippen LogP contribution in [0.1, 0.15) is 35.8 Å². The summed E-state index contributed by atoms with van der Waals surface area (Å²) in [4.78, 5) is 23.5. The number of amides is 1. The molecule has 1 atom stereocenters. The predicted molar refractivity (Wildman–Crippen MR) is 95.9 cm³/mol. The zero-order chi connectivity index (χ0) is 18.5. The van der Waals surface area contributed by atoms with E-state index in [4.69, 9.17) is 14.2 Å². The summed E-state index contributed by atoms with van der Waals surface area (Å²) in [6, 6.07) is 12.2. The summed E-state index contributed by atoms with van der Waals surface area (Å²) in [5.41, 5.74) is 1.47. The molecule has 0 radical (unpaired) electrons. The van der Waals surface area contributed by atoms with E-state index in [2.05, 4.69) is 5.32 Å². The molecule has 0 unspecified atom stereocenters. The third kappa shape index (κ3) is 4.33. The molecule has 1 aliphatic heterocycles. The number of hydrogen-bond acceptors (Lipinski definition) is 5. The van der Waals surface area contributed by atoms with Crippen molar-refractivity contribution >= 4 is 11.7 Å². The van der Waals surface area contributed by atoms with Crippen LogP contribution in [0, 0.1) is 0 Å². The van der Waals surface area contributed by atoms with Gasteiger partial charge < -0.3 is 19.5 Å². The Kier molecular flexibility index (Phi) is 5.41. The number of fused-ring (bicyclic) bond motifs is 1. The highest BCUT2D eigenvalue weighted by atomic mass is 16.6. The molecule has 6 nitrogen and oxygen atoms in total. The van der Waals surface area contributed by atoms with E-state index in [1.54, 1.807) is 24.3 Å². The van der Waals surface area contributed by atoms with Crippen molar-refractivity contribution < 1.29 is 23.8 Å². The van der Waals surface area contributed by atoms with Crippen LogP contribution in [0.3, 0.4) is 0 Å². The lowest BCUT2D eigenvalue weighted by Gasteiger charge is -2.21. The van der Waals surface area contributed by atoms with Gasteiger partial charge in [0.25, 0.3) is 5.91 Å². The summed E-state index contributed by atoms with van der Waals surface area (Å²) < 4.78 is 16.5. The maximum atomic E-state index is 12.1. The first-order valence-corrected chi connectivity index (χ1v) is 8.45. The van der Waals surface area contributed by atoms with Gasteiger partial charge in [-0.2, -0.15) is 0 Å². The Morgan fingerprint density at radius 3 is 2.65 bits per heavy atom. The highest BCUT2D eigenvalue weighted by molar-refractivity contribution is 5.94. The van der Waals surface area contributed by atoms with E-state index in [0.717, 1.165) is 5.56 Å². The van der Waals surface area contributed by atoms with E-state index in [-0.39, 0.29) is 24.3 Å². The van der Waals surface area contributed by atoms with Gasteiger partial charge in [-0.3, -0.25) is 9.59 Å². The van der Waals surface area contributed by atoms with Gasteiger partial charge in [0.1, 0.15) is 19.0 Å². The molecule has 0 aromatic heterocycles. The van der Waals surface area contributed by atoms with Gasteiger partial charge in [-0.15, -0.1) is 0 Å². The molecule has 2 aromatic carbocycles. The van der Waals surface area contributed by atoms with Crippen LogP contribution in [-0.4, -0.2) is 31.5 Å². The average molecular weight is 355 g/mol. The van der Waals surface area contributed by atoms with E-state index in [9.17, 15) is 9.59 Å². The maximum absolute atomic E-state index is 12.1. The van der Waals surface area contributed by atoms with Gasteiger partial charge in [-0.25, -0.2) is 0 Å². The van der Waals surface area contributed by atoms with Crippen LogP contribution in [0.25, 0.3) is 0 Å². The molecule has 1 heterocycles. The molecule has 0 bridgehead atoms. The first kappa shape index (κ1) is 17.8. The number of benzene rings is 2. The highest BCUT2D eigenvalue weighted by Gasteiger charge is 2.16. The van der Waals surface area contributed by atoms with Gasteiger partial charge in [0.2, 0.25) is 0 Å². The fraction of sp³-hybridized carbons (Fsp3) is 0.300. The SMILES string of the molecule is CC(=O)c1cccc(OCC(=O)N[C@@H](C)c2ccc3c(c2)OCCO3)c1. The van der Waals surface area contributed by atoms with Gasteiger partial charge in [0, 0.05) is 5.56 Å². The molecule has 0 fully saturated rings. The second-order valence-electron chi connectivity index (χ2n) is 6.06. The second-order valence-corrected chi connectivity index (χ2v) is 6.06. The minimum Gasteiger partial charge on any atom is -0.486 e. The predicted octanol–water partition coefficient (Wildman–Crippen LogP) is 2.92. The Morgan fingerprint density at radius 2 is 1.88 bits per heavy atom. The molecule has 0 saturated heterocycles. The van der Waals surface area contributed by atoms with Crippen LogP contribution < -0.4 is 19.5 Å². The maximum Gasteiger partial charge on any atom is 0.258 e. The van der Waals surface area contributed by atoms with Gasteiger partial charge in [-0.05, 0) is 43.7 Å². The molecule has 0 aliphatic carbocycles. The molecule has 6 heteroatoms. The summed E-state index contributed by atoms with van der Waals surface area (Å²) >= 11 is 0. The van der Waals surface area contributed by atoms with E-state index in [1.807, 2.05) is 25.1 Å². The van der Waals surface area contributed by atoms with Crippen molar-refractivity contribution in [1.82, 2.24) is 5.32 Å². The van der Waals surface area contributed by atoms with E-state index in [1.165, 1.54) is 6.92 Å². The van der Waals surface area contributed by atoms with Gasteiger partial charge in [0.05, 0.1) is 6.04 Å². The van der Waals surface area contributed by atoms with Crippen molar-refractivity contribution in [2.45, 2.75) is 19.9 Å². The Balaban J connectivity index is 1.56. The summed E-state index contributed by atoms with van der Waals surface area (Å²) in [6.07, 6.45) is 0. The summed E-state index contributed by atoms with van der Waals surface area (Å²) in [5, 5.41) is 2.88. The normalized spacial score (nSPS) is 13.6. The van der Waals surface area contributed by atoms with Crippen LogP contribution in [-0.2, 0) is 4.79 Å². The summed E-state index contributed by atoms with van der Waals surface area (Å²) in [5.74, 6) is 1.59. The molecule has 0 spiro atoms. The Bertz CT molecular complexity index is 818. The Labute approximate surface area is 152 Å². The Hall–Kier alpha value is -3.02. The lowest BCUT2D eigenvalue weighted by molar-refractivity contribution is -0.123. The van der Waals surface area contributed by atoms with Crippen LogP contribution in [0.4, 0.5) is 0 Å². The van der Waals surface area contributed by atoms with E-state index < -0.39 is 0 Å². The number of Topliss-reactive ketones (excluding diaryl/α,β-unsaturated/α-hetero) is 1. The third-order valence-corrected chi connectivity index (χ3v) is 4.05. The van der Waals surface area contributed by atoms with Gasteiger partial charge in [-0.1, -0.05) is 18.2 Å². The molecule has 1 amide bonds. The molecular weight excluding hydrogens is 334 g/mol. The molecular formula is C20H21NO5. The molecule has 3 rings (SSSR count). The number of hydrogen-bond donors (Lipinski definition) is 1. The quantitative estimate of drug-likeness (QED) is 0.807. The van der Waals surface area contributed by atoms with Crippen LogP contribution in [0.2, 0.25) is 0 Å². The molecule has 2 aromatic rings. The minimum atomic E-state index is -0.249. The third-order valence-electron chi connectivity index (χ3n) is 4.05. The van der Waals surface area contributed by atoms with Crippen molar-refractivity contribution in [2.24, 2.45) is 0 Å². The largest absolute Gasteiger partial charge is 0.486 e. The zero-order valence-electron chi connectivity index (χ0n) is 14.8. The topological polar surface area (TPSA) is 73.9 Å². The van der Waals surface area contributed by atoms with Gasteiger partial charge >= 0.3 is 0 Å². The van der Waals surface area contributed by atoms with Crippen molar-refractivity contribution in [1.29, 1.82) is 0 Å². The number of carbonyl (C=O) groups is 2. The van der Waals surface area contributed by atoms with Gasteiger partial charge in [0.15, 0.2) is 23.9 Å². The molecule has 1 aliphatic rings. The first-order valence-electron chi connectivity index (χ1n) is 8.45. The van der Waals surface area contributed by atoms with Crippen molar-refractivity contribution in [2.75, 3.05) is 19.8 Å². The molecule has 136 valence electrons. The zero-order valence-corrected chi connectivity index (χ0v) is 14.8. The lowest BCUT2D eigenvalue weighted by atomic mass is 10.1. The average Bonchev–Trinajstić information content (AvgIpc) is 2.66. The number of rotatable bonds is 6.